The van der Waals surface area contributed by atoms with Crippen molar-refractivity contribution in [3.8, 4) is 0 Å². The highest BCUT2D eigenvalue weighted by Crippen LogP contribution is 2.33. The van der Waals surface area contributed by atoms with Gasteiger partial charge in [-0.25, -0.2) is 9.18 Å². The molecule has 23 heavy (non-hydrogen) atoms. The van der Waals surface area contributed by atoms with E-state index >= 15 is 0 Å². The molecule has 1 saturated heterocycles. The second-order valence-corrected chi connectivity index (χ2v) is 7.49. The summed E-state index contributed by atoms with van der Waals surface area (Å²) < 4.78 is 19.2. The summed E-state index contributed by atoms with van der Waals surface area (Å²) >= 11 is 5.72. The number of ether oxygens (including phenoxy) is 1. The van der Waals surface area contributed by atoms with Crippen LogP contribution in [0.25, 0.3) is 0 Å². The first-order valence-corrected chi connectivity index (χ1v) is 8.20. The number of carbonyl (C=O) groups excluding carboxylic acids is 1. The standard InChI is InChI=1S/C17H24ClFN2O2/c1-10-5-8-14(21(10)16(22)23-17(2,3)4)15(20)11-6-7-12(18)13(19)9-11/h6-7,9-10,14-15H,5,8,20H2,1-4H3. The molecule has 2 N–H and O–H groups in total. The van der Waals surface area contributed by atoms with Gasteiger partial charge in [0.2, 0.25) is 0 Å². The van der Waals surface area contributed by atoms with E-state index in [4.69, 9.17) is 22.1 Å². The first-order chi connectivity index (χ1) is 10.6. The largest absolute Gasteiger partial charge is 0.444 e. The molecule has 128 valence electrons. The lowest BCUT2D eigenvalue weighted by Gasteiger charge is -2.34. The van der Waals surface area contributed by atoms with Crippen molar-refractivity contribution in [1.29, 1.82) is 0 Å². The number of nitrogens with two attached hydrogens (primary N) is 1. The van der Waals surface area contributed by atoms with E-state index in [9.17, 15) is 9.18 Å². The Morgan fingerprint density at radius 3 is 2.65 bits per heavy atom. The Balaban J connectivity index is 2.22. The maximum atomic E-state index is 13.7. The molecule has 0 spiro atoms. The smallest absolute Gasteiger partial charge is 0.410 e. The molecular formula is C17H24ClFN2O2. The maximum Gasteiger partial charge on any atom is 0.410 e. The van der Waals surface area contributed by atoms with Crippen molar-refractivity contribution in [2.24, 2.45) is 5.73 Å². The molecule has 1 aromatic carbocycles. The Morgan fingerprint density at radius 1 is 1.43 bits per heavy atom. The summed E-state index contributed by atoms with van der Waals surface area (Å²) in [5.74, 6) is -0.505. The van der Waals surface area contributed by atoms with Crippen LogP contribution in [0.15, 0.2) is 18.2 Å². The fourth-order valence-electron chi connectivity index (χ4n) is 2.94. The molecule has 1 aromatic rings. The predicted molar refractivity (Wildman–Crippen MR) is 88.9 cm³/mol. The van der Waals surface area contributed by atoms with Gasteiger partial charge in [-0.2, -0.15) is 0 Å². The van der Waals surface area contributed by atoms with E-state index in [1.54, 1.807) is 11.0 Å². The number of nitrogens with zero attached hydrogens (tertiary/aromatic N) is 1. The van der Waals surface area contributed by atoms with Gasteiger partial charge in [-0.3, -0.25) is 0 Å². The lowest BCUT2D eigenvalue weighted by Crippen LogP contribution is -2.47. The zero-order valence-corrected chi connectivity index (χ0v) is 14.7. The van der Waals surface area contributed by atoms with Crippen LogP contribution in [0.2, 0.25) is 5.02 Å². The molecule has 1 fully saturated rings. The second kappa shape index (κ2) is 6.65. The Bertz CT molecular complexity index is 588. The third-order valence-electron chi connectivity index (χ3n) is 4.06. The minimum atomic E-state index is -0.569. The van der Waals surface area contributed by atoms with Crippen LogP contribution in [0, 0.1) is 5.82 Å². The predicted octanol–water partition coefficient (Wildman–Crippen LogP) is 4.27. The summed E-state index contributed by atoms with van der Waals surface area (Å²) in [7, 11) is 0. The fraction of sp³-hybridized carbons (Fsp3) is 0.588. The molecule has 0 bridgehead atoms. The van der Waals surface area contributed by atoms with Crippen molar-refractivity contribution < 1.29 is 13.9 Å². The van der Waals surface area contributed by atoms with E-state index in [-0.39, 0.29) is 23.2 Å². The third-order valence-corrected chi connectivity index (χ3v) is 4.37. The summed E-state index contributed by atoms with van der Waals surface area (Å²) in [6.07, 6.45) is 1.22. The summed E-state index contributed by atoms with van der Waals surface area (Å²) in [6, 6.07) is 3.86. The number of rotatable bonds is 2. The topological polar surface area (TPSA) is 55.6 Å². The van der Waals surface area contributed by atoms with Gasteiger partial charge in [0.1, 0.15) is 11.4 Å². The number of halogens is 2. The van der Waals surface area contributed by atoms with Gasteiger partial charge in [-0.1, -0.05) is 17.7 Å². The molecule has 0 aliphatic carbocycles. The van der Waals surface area contributed by atoms with Crippen LogP contribution in [0.5, 0.6) is 0 Å². The molecule has 3 atom stereocenters. The van der Waals surface area contributed by atoms with Crippen molar-refractivity contribution in [3.05, 3.63) is 34.6 Å². The minimum Gasteiger partial charge on any atom is -0.444 e. The summed E-state index contributed by atoms with van der Waals surface area (Å²) in [6.45, 7) is 7.46. The van der Waals surface area contributed by atoms with Crippen LogP contribution < -0.4 is 5.73 Å². The van der Waals surface area contributed by atoms with Gasteiger partial charge < -0.3 is 15.4 Å². The lowest BCUT2D eigenvalue weighted by molar-refractivity contribution is 0.0138. The van der Waals surface area contributed by atoms with Crippen molar-refractivity contribution in [2.45, 2.75) is 64.3 Å². The van der Waals surface area contributed by atoms with Gasteiger partial charge in [0.15, 0.2) is 0 Å². The molecule has 4 nitrogen and oxygen atoms in total. The minimum absolute atomic E-state index is 0.0399. The molecule has 1 amide bonds. The molecule has 2 rings (SSSR count). The van der Waals surface area contributed by atoms with Crippen molar-refractivity contribution in [1.82, 2.24) is 4.90 Å². The summed E-state index contributed by atoms with van der Waals surface area (Å²) in [5, 5.41) is 0.0599. The molecule has 6 heteroatoms. The number of hydrogen-bond donors (Lipinski definition) is 1. The number of carbonyl (C=O) groups is 1. The highest BCUT2D eigenvalue weighted by atomic mass is 35.5. The maximum absolute atomic E-state index is 13.7. The average molecular weight is 343 g/mol. The first kappa shape index (κ1) is 18.0. The number of amides is 1. The molecule has 1 heterocycles. The summed E-state index contributed by atoms with van der Waals surface area (Å²) in [5.41, 5.74) is 6.37. The molecular weight excluding hydrogens is 319 g/mol. The highest BCUT2D eigenvalue weighted by molar-refractivity contribution is 6.30. The quantitative estimate of drug-likeness (QED) is 0.873. The average Bonchev–Trinajstić information content (AvgIpc) is 2.81. The molecule has 1 aliphatic heterocycles. The van der Waals surface area contributed by atoms with E-state index in [1.807, 2.05) is 27.7 Å². The molecule has 0 saturated carbocycles. The normalized spacial score (nSPS) is 23.0. The monoisotopic (exact) mass is 342 g/mol. The highest BCUT2D eigenvalue weighted by Gasteiger charge is 2.40. The SMILES string of the molecule is CC1CCC(C(N)c2ccc(Cl)c(F)c2)N1C(=O)OC(C)(C)C. The molecule has 3 unspecified atom stereocenters. The number of likely N-dealkylation sites (tertiary alicyclic amines) is 1. The van der Waals surface area contributed by atoms with Crippen LogP contribution in [-0.2, 0) is 4.74 Å². The number of benzene rings is 1. The van der Waals surface area contributed by atoms with Crippen molar-refractivity contribution in [2.75, 3.05) is 0 Å². The van der Waals surface area contributed by atoms with Gasteiger partial charge in [-0.05, 0) is 58.2 Å². The molecule has 0 aromatic heterocycles. The zero-order chi connectivity index (χ0) is 17.4. The van der Waals surface area contributed by atoms with Crippen LogP contribution in [0.1, 0.15) is 52.1 Å². The first-order valence-electron chi connectivity index (χ1n) is 7.82. The van der Waals surface area contributed by atoms with E-state index in [2.05, 4.69) is 0 Å². The second-order valence-electron chi connectivity index (χ2n) is 7.08. The third kappa shape index (κ3) is 4.15. The van der Waals surface area contributed by atoms with Crippen LogP contribution >= 0.6 is 11.6 Å². The van der Waals surface area contributed by atoms with E-state index < -0.39 is 17.5 Å². The van der Waals surface area contributed by atoms with Gasteiger partial charge in [0.05, 0.1) is 17.1 Å². The van der Waals surface area contributed by atoms with Gasteiger partial charge in [0.25, 0.3) is 0 Å². The Hall–Kier alpha value is -1.33. The lowest BCUT2D eigenvalue weighted by atomic mass is 9.98. The van der Waals surface area contributed by atoms with Crippen LogP contribution in [0.4, 0.5) is 9.18 Å². The van der Waals surface area contributed by atoms with E-state index in [0.717, 1.165) is 12.8 Å². The van der Waals surface area contributed by atoms with Gasteiger partial charge >= 0.3 is 6.09 Å². The van der Waals surface area contributed by atoms with Crippen LogP contribution in [-0.4, -0.2) is 28.7 Å². The zero-order valence-electron chi connectivity index (χ0n) is 14.0. The molecule has 0 radical (unpaired) electrons. The van der Waals surface area contributed by atoms with E-state index in [1.165, 1.54) is 12.1 Å². The Labute approximate surface area is 141 Å². The van der Waals surface area contributed by atoms with Crippen molar-refractivity contribution >= 4 is 17.7 Å². The number of hydrogen-bond acceptors (Lipinski definition) is 3. The van der Waals surface area contributed by atoms with E-state index in [0.29, 0.717) is 5.56 Å². The Kier molecular flexibility index (Phi) is 5.21. The summed E-state index contributed by atoms with van der Waals surface area (Å²) in [4.78, 5) is 14.2. The van der Waals surface area contributed by atoms with Gasteiger partial charge in [-0.15, -0.1) is 0 Å². The van der Waals surface area contributed by atoms with Crippen molar-refractivity contribution in [3.63, 3.8) is 0 Å². The fourth-order valence-corrected chi connectivity index (χ4v) is 3.06. The van der Waals surface area contributed by atoms with Gasteiger partial charge in [0, 0.05) is 6.04 Å². The van der Waals surface area contributed by atoms with Crippen LogP contribution in [0.3, 0.4) is 0 Å². The molecule has 1 aliphatic rings. The Morgan fingerprint density at radius 2 is 2.09 bits per heavy atom.